The summed E-state index contributed by atoms with van der Waals surface area (Å²) >= 11 is 0. The zero-order valence-electron chi connectivity index (χ0n) is 10.4. The third-order valence-corrected chi connectivity index (χ3v) is 2.96. The molecule has 0 spiro atoms. The van der Waals surface area contributed by atoms with Crippen LogP contribution in [-0.4, -0.2) is 23.6 Å². The summed E-state index contributed by atoms with van der Waals surface area (Å²) in [7, 11) is 1.53. The maximum atomic E-state index is 11.4. The molecule has 2 aromatic rings. The summed E-state index contributed by atoms with van der Waals surface area (Å²) in [6.07, 6.45) is 0.740. The molecule has 0 aliphatic heterocycles. The number of ether oxygens (including phenoxy) is 1. The van der Waals surface area contributed by atoms with E-state index in [0.717, 1.165) is 6.29 Å². The Hall–Kier alpha value is -2.49. The number of rotatable bonds is 4. The number of carbonyl (C=O) groups excluding carboxylic acids is 1. The number of phenolic OH excluding ortho intramolecular Hbond substituents is 2. The van der Waals surface area contributed by atoms with Crippen LogP contribution in [-0.2, 0) is 4.79 Å². The number of phenols is 2. The quantitative estimate of drug-likeness (QED) is 0.826. The molecule has 0 saturated carbocycles. The number of methoxy groups -OCH3 is 1. The molecule has 0 heterocycles. The third kappa shape index (κ3) is 2.52. The molecule has 2 rings (SSSR count). The van der Waals surface area contributed by atoms with Crippen molar-refractivity contribution in [1.29, 1.82) is 0 Å². The van der Waals surface area contributed by atoms with Crippen LogP contribution < -0.4 is 4.74 Å². The number of hydrogen-bond acceptors (Lipinski definition) is 4. The molecule has 98 valence electrons. The van der Waals surface area contributed by atoms with Gasteiger partial charge in [-0.3, -0.25) is 0 Å². The molecule has 0 aromatic heterocycles. The number of benzene rings is 2. The van der Waals surface area contributed by atoms with Crippen LogP contribution in [0, 0.1) is 0 Å². The highest BCUT2D eigenvalue weighted by atomic mass is 16.5. The molecule has 2 aromatic carbocycles. The summed E-state index contributed by atoms with van der Waals surface area (Å²) < 4.78 is 5.22. The van der Waals surface area contributed by atoms with E-state index in [1.165, 1.54) is 25.3 Å². The van der Waals surface area contributed by atoms with Crippen molar-refractivity contribution in [3.63, 3.8) is 0 Å². The van der Waals surface area contributed by atoms with E-state index < -0.39 is 5.92 Å². The lowest BCUT2D eigenvalue weighted by atomic mass is 9.91. The fourth-order valence-corrected chi connectivity index (χ4v) is 2.03. The monoisotopic (exact) mass is 258 g/mol. The van der Waals surface area contributed by atoms with Crippen molar-refractivity contribution in [2.75, 3.05) is 7.11 Å². The van der Waals surface area contributed by atoms with Gasteiger partial charge in [0, 0.05) is 17.2 Å². The van der Waals surface area contributed by atoms with E-state index in [1.807, 2.05) is 0 Å². The van der Waals surface area contributed by atoms with E-state index >= 15 is 0 Å². The largest absolute Gasteiger partial charge is 0.508 e. The molecule has 4 heteroatoms. The van der Waals surface area contributed by atoms with Crippen LogP contribution in [0.5, 0.6) is 17.2 Å². The average Bonchev–Trinajstić information content (AvgIpc) is 2.42. The third-order valence-electron chi connectivity index (χ3n) is 2.96. The summed E-state index contributed by atoms with van der Waals surface area (Å²) in [5.74, 6) is -0.238. The van der Waals surface area contributed by atoms with Crippen LogP contribution >= 0.6 is 0 Å². The van der Waals surface area contributed by atoms with Crippen LogP contribution in [0.15, 0.2) is 42.5 Å². The molecule has 0 aliphatic carbocycles. The number of aldehydes is 1. The van der Waals surface area contributed by atoms with E-state index in [4.69, 9.17) is 4.74 Å². The van der Waals surface area contributed by atoms with Crippen molar-refractivity contribution in [3.8, 4) is 17.2 Å². The number of hydrogen-bond donors (Lipinski definition) is 2. The van der Waals surface area contributed by atoms with E-state index in [0.29, 0.717) is 16.9 Å². The Morgan fingerprint density at radius 2 is 1.84 bits per heavy atom. The molecule has 0 amide bonds. The van der Waals surface area contributed by atoms with Crippen molar-refractivity contribution in [2.45, 2.75) is 5.92 Å². The number of aromatic hydroxyl groups is 2. The summed E-state index contributed by atoms with van der Waals surface area (Å²) in [4.78, 5) is 11.4. The molecule has 0 aliphatic rings. The molecular formula is C15H14O4. The zero-order valence-corrected chi connectivity index (χ0v) is 10.4. The van der Waals surface area contributed by atoms with Crippen LogP contribution in [0.1, 0.15) is 17.0 Å². The highest BCUT2D eigenvalue weighted by molar-refractivity contribution is 5.72. The maximum absolute atomic E-state index is 11.4. The first-order valence-electron chi connectivity index (χ1n) is 5.77. The maximum Gasteiger partial charge on any atom is 0.132 e. The van der Waals surface area contributed by atoms with Crippen LogP contribution in [0.3, 0.4) is 0 Å². The fourth-order valence-electron chi connectivity index (χ4n) is 2.03. The van der Waals surface area contributed by atoms with E-state index in [-0.39, 0.29) is 11.5 Å². The Morgan fingerprint density at radius 3 is 2.47 bits per heavy atom. The van der Waals surface area contributed by atoms with Gasteiger partial charge in [0.15, 0.2) is 0 Å². The normalized spacial score (nSPS) is 11.8. The highest BCUT2D eigenvalue weighted by Crippen LogP contribution is 2.35. The SMILES string of the molecule is COc1ccccc1C(C=O)c1ccc(O)cc1O. The first kappa shape index (κ1) is 13.0. The molecule has 0 radical (unpaired) electrons. The second-order valence-corrected chi connectivity index (χ2v) is 4.10. The van der Waals surface area contributed by atoms with Crippen molar-refractivity contribution >= 4 is 6.29 Å². The van der Waals surface area contributed by atoms with Crippen LogP contribution in [0.2, 0.25) is 0 Å². The van der Waals surface area contributed by atoms with Gasteiger partial charge in [0.05, 0.1) is 13.0 Å². The van der Waals surface area contributed by atoms with Crippen molar-refractivity contribution in [3.05, 3.63) is 53.6 Å². The number of carbonyl (C=O) groups is 1. The Balaban J connectivity index is 2.53. The second-order valence-electron chi connectivity index (χ2n) is 4.10. The molecule has 19 heavy (non-hydrogen) atoms. The lowest BCUT2D eigenvalue weighted by molar-refractivity contribution is -0.108. The fraction of sp³-hybridized carbons (Fsp3) is 0.133. The molecule has 0 fully saturated rings. The van der Waals surface area contributed by atoms with Gasteiger partial charge in [-0.25, -0.2) is 0 Å². The van der Waals surface area contributed by atoms with Gasteiger partial charge in [0.25, 0.3) is 0 Å². The van der Waals surface area contributed by atoms with Gasteiger partial charge in [-0.2, -0.15) is 0 Å². The second kappa shape index (κ2) is 5.44. The zero-order chi connectivity index (χ0) is 13.8. The summed E-state index contributed by atoms with van der Waals surface area (Å²) in [6.45, 7) is 0. The highest BCUT2D eigenvalue weighted by Gasteiger charge is 2.20. The van der Waals surface area contributed by atoms with Gasteiger partial charge in [-0.1, -0.05) is 24.3 Å². The molecule has 0 bridgehead atoms. The first-order chi connectivity index (χ1) is 9.17. The van der Waals surface area contributed by atoms with E-state index in [1.54, 1.807) is 24.3 Å². The molecule has 2 N–H and O–H groups in total. The minimum Gasteiger partial charge on any atom is -0.508 e. The lowest BCUT2D eigenvalue weighted by Gasteiger charge is -2.16. The van der Waals surface area contributed by atoms with Gasteiger partial charge in [-0.15, -0.1) is 0 Å². The van der Waals surface area contributed by atoms with Crippen molar-refractivity contribution in [2.24, 2.45) is 0 Å². The van der Waals surface area contributed by atoms with Gasteiger partial charge >= 0.3 is 0 Å². The Morgan fingerprint density at radius 1 is 1.11 bits per heavy atom. The Labute approximate surface area is 110 Å². The summed E-state index contributed by atoms with van der Waals surface area (Å²) in [6, 6.07) is 11.3. The van der Waals surface area contributed by atoms with Crippen LogP contribution in [0.4, 0.5) is 0 Å². The number of para-hydroxylation sites is 1. The minimum atomic E-state index is -0.642. The van der Waals surface area contributed by atoms with Gasteiger partial charge in [0.2, 0.25) is 0 Å². The Bertz CT molecular complexity index is 592. The standard InChI is InChI=1S/C15H14O4/c1-19-15-5-3-2-4-12(15)13(9-16)11-7-6-10(17)8-14(11)18/h2-9,13,17-18H,1H3. The molecule has 0 saturated heterocycles. The average molecular weight is 258 g/mol. The van der Waals surface area contributed by atoms with Crippen molar-refractivity contribution in [1.82, 2.24) is 0 Å². The predicted octanol–water partition coefficient (Wildman–Crippen LogP) is 2.44. The topological polar surface area (TPSA) is 66.8 Å². The molecule has 1 atom stereocenters. The lowest BCUT2D eigenvalue weighted by Crippen LogP contribution is -2.05. The molecule has 1 unspecified atom stereocenters. The van der Waals surface area contributed by atoms with E-state index in [9.17, 15) is 15.0 Å². The van der Waals surface area contributed by atoms with Gasteiger partial charge < -0.3 is 19.7 Å². The smallest absolute Gasteiger partial charge is 0.132 e. The van der Waals surface area contributed by atoms with Crippen molar-refractivity contribution < 1.29 is 19.7 Å². The minimum absolute atomic E-state index is 0.0501. The summed E-state index contributed by atoms with van der Waals surface area (Å²) in [5, 5.41) is 19.1. The molecule has 4 nitrogen and oxygen atoms in total. The first-order valence-corrected chi connectivity index (χ1v) is 5.77. The van der Waals surface area contributed by atoms with E-state index in [2.05, 4.69) is 0 Å². The predicted molar refractivity (Wildman–Crippen MR) is 70.7 cm³/mol. The Kier molecular flexibility index (Phi) is 3.71. The van der Waals surface area contributed by atoms with Gasteiger partial charge in [-0.05, 0) is 12.1 Å². The molecular weight excluding hydrogens is 244 g/mol. The van der Waals surface area contributed by atoms with Gasteiger partial charge in [0.1, 0.15) is 23.5 Å². The summed E-state index contributed by atoms with van der Waals surface area (Å²) in [5.41, 5.74) is 1.10. The van der Waals surface area contributed by atoms with Crippen LogP contribution in [0.25, 0.3) is 0 Å².